The Morgan fingerprint density at radius 3 is 2.17 bits per heavy atom. The van der Waals surface area contributed by atoms with Crippen molar-refractivity contribution in [1.29, 1.82) is 0 Å². The van der Waals surface area contributed by atoms with Gasteiger partial charge in [0.1, 0.15) is 11.7 Å². The van der Waals surface area contributed by atoms with Crippen molar-refractivity contribution < 1.29 is 60.5 Å². The maximum Gasteiger partial charge on any atom is 0.264 e. The molecule has 0 radical (unpaired) electrons. The lowest BCUT2D eigenvalue weighted by molar-refractivity contribution is -0.136. The van der Waals surface area contributed by atoms with Crippen molar-refractivity contribution in [1.82, 2.24) is 35.3 Å². The van der Waals surface area contributed by atoms with Crippen LogP contribution in [0.4, 0.5) is 21.7 Å². The minimum Gasteiger partial charge on any atom is -0.382 e. The third kappa shape index (κ3) is 15.4. The molecule has 71 heavy (non-hydrogen) atoms. The number of hydrogen-bond donors (Lipinski definition) is 5. The second kappa shape index (κ2) is 25.8. The second-order valence-corrected chi connectivity index (χ2v) is 18.9. The molecule has 6 rings (SSSR count). The number of benzene rings is 2. The quantitative estimate of drug-likeness (QED) is 0.0384. The van der Waals surface area contributed by atoms with Crippen molar-refractivity contribution in [3.63, 3.8) is 0 Å². The fraction of sp³-hybridized carbons (Fsp3) is 0.478. The van der Waals surface area contributed by atoms with E-state index in [0.717, 1.165) is 11.2 Å². The molecule has 5 N–H and O–H groups in total. The number of nitrogens with one attached hydrogen (secondary N) is 5. The molecule has 2 aromatic carbocycles. The largest absolute Gasteiger partial charge is 0.382 e. The van der Waals surface area contributed by atoms with E-state index in [4.69, 9.17) is 35.3 Å². The predicted octanol–water partition coefficient (Wildman–Crippen LogP) is 3.66. The first-order chi connectivity index (χ1) is 34.0. The van der Waals surface area contributed by atoms with Crippen molar-refractivity contribution in [3.05, 3.63) is 70.8 Å². The van der Waals surface area contributed by atoms with Gasteiger partial charge in [-0.2, -0.15) is 5.10 Å². The van der Waals surface area contributed by atoms with Crippen LogP contribution in [0, 0.1) is 5.82 Å². The normalized spacial score (nSPS) is 15.3. The zero-order valence-corrected chi connectivity index (χ0v) is 41.3. The van der Waals surface area contributed by atoms with Gasteiger partial charge in [0.25, 0.3) is 11.8 Å². The smallest absolute Gasteiger partial charge is 0.264 e. The summed E-state index contributed by atoms with van der Waals surface area (Å²) in [5.41, 5.74) is 1.58. The van der Waals surface area contributed by atoms with Crippen molar-refractivity contribution in [2.75, 3.05) is 101 Å². The Hall–Kier alpha value is -6.15. The highest BCUT2D eigenvalue weighted by Gasteiger charge is 2.45. The predicted molar refractivity (Wildman–Crippen MR) is 259 cm³/mol. The first-order valence-corrected chi connectivity index (χ1v) is 25.2. The zero-order chi connectivity index (χ0) is 51.1. The van der Waals surface area contributed by atoms with Crippen molar-refractivity contribution in [2.24, 2.45) is 0 Å². The first-order valence-electron chi connectivity index (χ1n) is 22.9. The first kappa shape index (κ1) is 54.2. The molecule has 25 heteroatoms. The molecular weight excluding hydrogens is 971 g/mol. The van der Waals surface area contributed by atoms with Gasteiger partial charge >= 0.3 is 0 Å². The molecule has 1 saturated heterocycles. The molecule has 0 spiro atoms. The van der Waals surface area contributed by atoms with Gasteiger partial charge in [0.05, 0.1) is 94.8 Å². The number of sulfonamides is 1. The zero-order valence-electron chi connectivity index (χ0n) is 39.8. The second-order valence-electron chi connectivity index (χ2n) is 16.7. The molecule has 0 bridgehead atoms. The van der Waals surface area contributed by atoms with Gasteiger partial charge in [0, 0.05) is 72.2 Å². The standard InChI is InChI=1S/C46H58ClFN10O12S/c1-28(2)57-27-33(42(55-57)32-24-30(47)25-36(41(32)48)56-71(4,64)65)34-10-12-50-46(53-34)51-26-29(3)52-39(60)11-14-66-16-18-68-20-22-70-23-21-69-19-17-67-15-13-49-35-7-5-6-31-40(35)45(63)58(44(31)62)37-8-9-38(59)54-43(37)61/h5-7,10,12,24-25,27-29,37,49,56H,8-9,11,13-23,26H2,1-4H3,(H,52,60)(H,50,51,53)(H,54,59,61). The maximum absolute atomic E-state index is 15.8. The van der Waals surface area contributed by atoms with Crippen LogP contribution in [0.1, 0.15) is 66.8 Å². The van der Waals surface area contributed by atoms with E-state index in [9.17, 15) is 32.4 Å². The van der Waals surface area contributed by atoms with Gasteiger partial charge in [-0.25, -0.2) is 22.8 Å². The molecule has 1 fully saturated rings. The van der Waals surface area contributed by atoms with Gasteiger partial charge in [0.15, 0.2) is 5.82 Å². The summed E-state index contributed by atoms with van der Waals surface area (Å²) in [4.78, 5) is 72.5. The highest BCUT2D eigenvalue weighted by Crippen LogP contribution is 2.37. The number of aromatic nitrogens is 4. The lowest BCUT2D eigenvalue weighted by Crippen LogP contribution is -2.54. The number of halogens is 2. The molecule has 0 aliphatic carbocycles. The Balaban J connectivity index is 0.778. The van der Waals surface area contributed by atoms with Crippen LogP contribution in [-0.4, -0.2) is 160 Å². The van der Waals surface area contributed by atoms with Crippen LogP contribution in [0.3, 0.4) is 0 Å². The summed E-state index contributed by atoms with van der Waals surface area (Å²) in [6.07, 6.45) is 4.43. The summed E-state index contributed by atoms with van der Waals surface area (Å²) in [6.45, 7) is 9.50. The molecule has 2 aliphatic heterocycles. The van der Waals surface area contributed by atoms with Gasteiger partial charge in [-0.1, -0.05) is 17.7 Å². The van der Waals surface area contributed by atoms with Crippen LogP contribution in [0.25, 0.3) is 22.5 Å². The van der Waals surface area contributed by atoms with Gasteiger partial charge in [-0.15, -0.1) is 0 Å². The lowest BCUT2D eigenvalue weighted by atomic mass is 10.0. The summed E-state index contributed by atoms with van der Waals surface area (Å²) in [5, 5.41) is 16.0. The number of carbonyl (C=O) groups excluding carboxylic acids is 5. The number of fused-ring (bicyclic) bond motifs is 1. The number of ether oxygens (including phenoxy) is 5. The highest BCUT2D eigenvalue weighted by molar-refractivity contribution is 7.92. The summed E-state index contributed by atoms with van der Waals surface area (Å²) < 4.78 is 71.1. The fourth-order valence-electron chi connectivity index (χ4n) is 7.38. The maximum atomic E-state index is 15.8. The Labute approximate surface area is 415 Å². The Bertz CT molecular complexity index is 2660. The van der Waals surface area contributed by atoms with Crippen LogP contribution >= 0.6 is 11.6 Å². The molecular formula is C46H58ClFN10O12S. The number of imide groups is 2. The van der Waals surface area contributed by atoms with E-state index in [0.29, 0.717) is 89.5 Å². The van der Waals surface area contributed by atoms with Gasteiger partial charge in [0.2, 0.25) is 33.7 Å². The summed E-state index contributed by atoms with van der Waals surface area (Å²) in [6, 6.07) is 7.62. The summed E-state index contributed by atoms with van der Waals surface area (Å²) in [5.74, 6) is -3.05. The average Bonchev–Trinajstić information content (AvgIpc) is 3.88. The van der Waals surface area contributed by atoms with Crippen LogP contribution in [0.5, 0.6) is 0 Å². The van der Waals surface area contributed by atoms with Crippen molar-refractivity contribution >= 4 is 68.5 Å². The molecule has 22 nitrogen and oxygen atoms in total. The molecule has 2 atom stereocenters. The third-order valence-corrected chi connectivity index (χ3v) is 11.6. The molecule has 0 saturated carbocycles. The number of hydrogen-bond acceptors (Lipinski definition) is 17. The van der Waals surface area contributed by atoms with Crippen LogP contribution in [0.15, 0.2) is 48.8 Å². The Morgan fingerprint density at radius 1 is 0.859 bits per heavy atom. The van der Waals surface area contributed by atoms with E-state index >= 15 is 4.39 Å². The van der Waals surface area contributed by atoms with Crippen LogP contribution in [0.2, 0.25) is 5.02 Å². The van der Waals surface area contributed by atoms with E-state index in [2.05, 4.69) is 41.1 Å². The average molecular weight is 1030 g/mol. The van der Waals surface area contributed by atoms with Gasteiger partial charge in [-0.3, -0.25) is 43.6 Å². The van der Waals surface area contributed by atoms with Crippen molar-refractivity contribution in [3.8, 4) is 22.5 Å². The minimum atomic E-state index is -3.80. The third-order valence-electron chi connectivity index (χ3n) is 10.7. The topological polar surface area (TPSA) is 273 Å². The summed E-state index contributed by atoms with van der Waals surface area (Å²) >= 11 is 6.29. The number of nitrogens with zero attached hydrogens (tertiary/aromatic N) is 5. The highest BCUT2D eigenvalue weighted by atomic mass is 35.5. The molecule has 4 aromatic rings. The monoisotopic (exact) mass is 1030 g/mol. The number of piperidine rings is 1. The van der Waals surface area contributed by atoms with E-state index in [1.54, 1.807) is 29.1 Å². The number of anilines is 3. The molecule has 2 unspecified atom stereocenters. The van der Waals surface area contributed by atoms with Crippen molar-refractivity contribution in [2.45, 2.75) is 58.2 Å². The van der Waals surface area contributed by atoms with E-state index in [1.807, 2.05) is 20.8 Å². The molecule has 5 amide bonds. The Morgan fingerprint density at radius 2 is 1.52 bits per heavy atom. The molecule has 2 aliphatic rings. The number of carbonyl (C=O) groups is 5. The Kier molecular flexibility index (Phi) is 19.7. The molecule has 4 heterocycles. The van der Waals surface area contributed by atoms with Gasteiger partial charge < -0.3 is 39.6 Å². The van der Waals surface area contributed by atoms with E-state index < -0.39 is 45.5 Å². The number of amides is 5. The van der Waals surface area contributed by atoms with E-state index in [-0.39, 0.29) is 82.9 Å². The van der Waals surface area contributed by atoms with Crippen LogP contribution < -0.4 is 26.0 Å². The lowest BCUT2D eigenvalue weighted by Gasteiger charge is -2.27. The van der Waals surface area contributed by atoms with E-state index in [1.165, 1.54) is 24.4 Å². The fourth-order valence-corrected chi connectivity index (χ4v) is 8.15. The van der Waals surface area contributed by atoms with Gasteiger partial charge in [-0.05, 0) is 57.5 Å². The molecule has 2 aromatic heterocycles. The van der Waals surface area contributed by atoms with Crippen LogP contribution in [-0.2, 0) is 48.1 Å². The SMILES string of the molecule is CC(CNc1nccc(-c2cn(C(C)C)nc2-c2cc(Cl)cc(NS(C)(=O)=O)c2F)n1)NC(=O)CCOCCOCCOCCOCCOCCNc1cccc2c1C(=O)N(C1CCC(=O)NC1=O)C2=O. The minimum absolute atomic E-state index is 0.0187. The number of rotatable bonds is 29. The summed E-state index contributed by atoms with van der Waals surface area (Å²) in [7, 11) is -3.80. The molecule has 384 valence electrons.